The van der Waals surface area contributed by atoms with Gasteiger partial charge in [0.05, 0.1) is 19.2 Å². The predicted molar refractivity (Wildman–Crippen MR) is 91.9 cm³/mol. The van der Waals surface area contributed by atoms with Crippen LogP contribution in [-0.2, 0) is 0 Å². The Labute approximate surface area is 143 Å². The Morgan fingerprint density at radius 2 is 1.76 bits per heavy atom. The van der Waals surface area contributed by atoms with Crippen molar-refractivity contribution in [3.05, 3.63) is 22.7 Å². The molecule has 122 valence electrons. The zero-order valence-electron chi connectivity index (χ0n) is 12.5. The van der Waals surface area contributed by atoms with Crippen molar-refractivity contribution in [3.63, 3.8) is 0 Å². The summed E-state index contributed by atoms with van der Waals surface area (Å²) in [6.07, 6.45) is 0. The molecule has 1 N–H and O–H groups in total. The molecule has 0 spiro atoms. The van der Waals surface area contributed by atoms with Crippen LogP contribution < -0.4 is 14.8 Å². The number of hydrogen-bond acceptors (Lipinski definition) is 4. The highest BCUT2D eigenvalue weighted by Gasteiger charge is 2.23. The van der Waals surface area contributed by atoms with Gasteiger partial charge < -0.3 is 14.8 Å². The molecule has 1 saturated heterocycles. The lowest BCUT2D eigenvalue weighted by molar-refractivity contribution is 0.185. The molecule has 1 fully saturated rings. The number of rotatable bonds is 4. The number of ether oxygens (including phenoxy) is 2. The van der Waals surface area contributed by atoms with Crippen LogP contribution in [0, 0.1) is 0 Å². The predicted octanol–water partition coefficient (Wildman–Crippen LogP) is 3.17. The van der Waals surface area contributed by atoms with Crippen LogP contribution in [0.25, 0.3) is 0 Å². The maximum Gasteiger partial charge on any atom is 0.179 e. The van der Waals surface area contributed by atoms with Gasteiger partial charge in [-0.2, -0.15) is 0 Å². The number of hydrogen-bond donors (Lipinski definition) is 1. The number of nitrogens with one attached hydrogen (secondary N) is 1. The molecular weight excluding hydrogens is 335 g/mol. The summed E-state index contributed by atoms with van der Waals surface area (Å²) in [5, 5.41) is 4.00. The van der Waals surface area contributed by atoms with E-state index in [2.05, 4.69) is 17.1 Å². The van der Waals surface area contributed by atoms with Crippen molar-refractivity contribution in [1.29, 1.82) is 0 Å². The summed E-state index contributed by atoms with van der Waals surface area (Å²) in [4.78, 5) is 2.42. The van der Waals surface area contributed by atoms with Crippen LogP contribution in [0.15, 0.2) is 12.1 Å². The second kappa shape index (κ2) is 9.59. The molecule has 4 nitrogen and oxygen atoms in total. The minimum Gasteiger partial charge on any atom is -0.493 e. The first-order valence-corrected chi connectivity index (χ1v) is 6.92. The van der Waals surface area contributed by atoms with Gasteiger partial charge in [-0.3, -0.25) is 4.90 Å². The van der Waals surface area contributed by atoms with Gasteiger partial charge in [-0.25, -0.2) is 0 Å². The van der Waals surface area contributed by atoms with Crippen LogP contribution in [0.5, 0.6) is 11.5 Å². The molecule has 1 aromatic carbocycles. The van der Waals surface area contributed by atoms with Crippen molar-refractivity contribution in [2.75, 3.05) is 40.4 Å². The molecule has 21 heavy (non-hydrogen) atoms. The fraction of sp³-hybridized carbons (Fsp3) is 0.571. The van der Waals surface area contributed by atoms with Crippen molar-refractivity contribution >= 4 is 36.4 Å². The van der Waals surface area contributed by atoms with Gasteiger partial charge in [0.25, 0.3) is 0 Å². The van der Waals surface area contributed by atoms with E-state index in [-0.39, 0.29) is 30.9 Å². The van der Waals surface area contributed by atoms with Gasteiger partial charge in [-0.1, -0.05) is 17.7 Å². The summed E-state index contributed by atoms with van der Waals surface area (Å²) in [7, 11) is 3.23. The number of benzene rings is 1. The maximum absolute atomic E-state index is 6.46. The zero-order chi connectivity index (χ0) is 13.8. The Morgan fingerprint density at radius 3 is 2.29 bits per heavy atom. The fourth-order valence-electron chi connectivity index (χ4n) is 2.49. The van der Waals surface area contributed by atoms with Crippen LogP contribution in [0.4, 0.5) is 0 Å². The normalized spacial score (nSPS) is 16.4. The van der Waals surface area contributed by atoms with Gasteiger partial charge in [0.15, 0.2) is 11.5 Å². The zero-order valence-corrected chi connectivity index (χ0v) is 14.9. The van der Waals surface area contributed by atoms with E-state index in [1.165, 1.54) is 0 Å². The summed E-state index contributed by atoms with van der Waals surface area (Å²) in [5.41, 5.74) is 1.08. The lowest BCUT2D eigenvalue weighted by Crippen LogP contribution is -2.44. The van der Waals surface area contributed by atoms with E-state index in [1.807, 2.05) is 12.1 Å². The Bertz CT molecular complexity index is 440. The molecule has 7 heteroatoms. The minimum absolute atomic E-state index is 0. The van der Waals surface area contributed by atoms with E-state index in [1.54, 1.807) is 14.2 Å². The Balaban J connectivity index is 0.00000200. The molecule has 2 rings (SSSR count). The third kappa shape index (κ3) is 4.54. The molecule has 0 aliphatic carbocycles. The molecule has 1 aromatic rings. The van der Waals surface area contributed by atoms with Gasteiger partial charge in [-0.15, -0.1) is 24.8 Å². The summed E-state index contributed by atoms with van der Waals surface area (Å²) in [6, 6.07) is 4.21. The van der Waals surface area contributed by atoms with Gasteiger partial charge in [0, 0.05) is 32.2 Å². The van der Waals surface area contributed by atoms with E-state index in [4.69, 9.17) is 21.1 Å². The van der Waals surface area contributed by atoms with Crippen molar-refractivity contribution in [2.24, 2.45) is 0 Å². The topological polar surface area (TPSA) is 33.7 Å². The first kappa shape index (κ1) is 20.6. The Kier molecular flexibility index (Phi) is 9.41. The van der Waals surface area contributed by atoms with Crippen LogP contribution >= 0.6 is 36.4 Å². The van der Waals surface area contributed by atoms with E-state index < -0.39 is 0 Å². The lowest BCUT2D eigenvalue weighted by Gasteiger charge is -2.33. The van der Waals surface area contributed by atoms with Crippen molar-refractivity contribution in [2.45, 2.75) is 13.0 Å². The minimum atomic E-state index is 0. The molecule has 1 aliphatic rings. The van der Waals surface area contributed by atoms with Crippen LogP contribution in [-0.4, -0.2) is 45.3 Å². The highest BCUT2D eigenvalue weighted by Crippen LogP contribution is 2.40. The molecule has 0 radical (unpaired) electrons. The molecule has 0 aromatic heterocycles. The third-order valence-corrected chi connectivity index (χ3v) is 4.05. The Morgan fingerprint density at radius 1 is 1.14 bits per heavy atom. The molecular formula is C14H23Cl3N2O2. The standard InChI is InChI=1S/C14H21ClN2O2.2ClH/c1-10(17-8-6-16-7-9-17)11-4-5-12(18-2)14(19-3)13(11)15;;/h4-5,10,16H,6-9H2,1-3H3;2*1H/t10-;;/m0../s1. The van der Waals surface area contributed by atoms with Crippen molar-refractivity contribution in [3.8, 4) is 11.5 Å². The monoisotopic (exact) mass is 356 g/mol. The third-order valence-electron chi connectivity index (χ3n) is 3.66. The SMILES string of the molecule is COc1ccc([C@H](C)N2CCNCC2)c(Cl)c1OC.Cl.Cl. The highest BCUT2D eigenvalue weighted by molar-refractivity contribution is 6.33. The van der Waals surface area contributed by atoms with Crippen molar-refractivity contribution in [1.82, 2.24) is 10.2 Å². The average molecular weight is 358 g/mol. The molecule has 1 aliphatic heterocycles. The van der Waals surface area contributed by atoms with E-state index >= 15 is 0 Å². The molecule has 0 saturated carbocycles. The largest absolute Gasteiger partial charge is 0.493 e. The van der Waals surface area contributed by atoms with Gasteiger partial charge in [0.1, 0.15) is 0 Å². The molecule has 0 amide bonds. The number of methoxy groups -OCH3 is 2. The average Bonchev–Trinajstić information content (AvgIpc) is 2.47. The summed E-state index contributed by atoms with van der Waals surface area (Å²) in [5.74, 6) is 1.28. The first-order chi connectivity index (χ1) is 9.19. The molecule has 0 unspecified atom stereocenters. The quantitative estimate of drug-likeness (QED) is 0.897. The highest BCUT2D eigenvalue weighted by atomic mass is 35.5. The van der Waals surface area contributed by atoms with E-state index in [9.17, 15) is 0 Å². The Hall–Kier alpha value is -0.390. The van der Waals surface area contributed by atoms with E-state index in [0.717, 1.165) is 31.7 Å². The summed E-state index contributed by atoms with van der Waals surface area (Å²) < 4.78 is 10.6. The van der Waals surface area contributed by atoms with Crippen LogP contribution in [0.2, 0.25) is 5.02 Å². The summed E-state index contributed by atoms with van der Waals surface area (Å²) in [6.45, 7) is 6.29. The van der Waals surface area contributed by atoms with Gasteiger partial charge in [0.2, 0.25) is 0 Å². The lowest BCUT2D eigenvalue weighted by atomic mass is 10.1. The first-order valence-electron chi connectivity index (χ1n) is 6.54. The molecule has 1 heterocycles. The number of halogens is 3. The fourth-order valence-corrected chi connectivity index (χ4v) is 2.88. The summed E-state index contributed by atoms with van der Waals surface area (Å²) >= 11 is 6.46. The van der Waals surface area contributed by atoms with Gasteiger partial charge in [-0.05, 0) is 18.6 Å². The van der Waals surface area contributed by atoms with Gasteiger partial charge >= 0.3 is 0 Å². The van der Waals surface area contributed by atoms with Crippen molar-refractivity contribution < 1.29 is 9.47 Å². The maximum atomic E-state index is 6.46. The van der Waals surface area contributed by atoms with Crippen LogP contribution in [0.3, 0.4) is 0 Å². The molecule has 1 atom stereocenters. The second-order valence-corrected chi connectivity index (χ2v) is 5.04. The molecule has 0 bridgehead atoms. The smallest absolute Gasteiger partial charge is 0.179 e. The number of nitrogens with zero attached hydrogens (tertiary/aromatic N) is 1. The van der Waals surface area contributed by atoms with E-state index in [0.29, 0.717) is 16.5 Å². The van der Waals surface area contributed by atoms with Crippen LogP contribution in [0.1, 0.15) is 18.5 Å². The number of piperazine rings is 1. The second-order valence-electron chi connectivity index (χ2n) is 4.67.